The normalized spacial score (nSPS) is 17.1. The lowest BCUT2D eigenvalue weighted by molar-refractivity contribution is -0.133. The number of nitrogens with zero attached hydrogens (tertiary/aromatic N) is 2. The van der Waals surface area contributed by atoms with Crippen LogP contribution >= 0.6 is 11.8 Å². The van der Waals surface area contributed by atoms with Crippen LogP contribution in [0.3, 0.4) is 0 Å². The molecule has 0 saturated carbocycles. The molecular weight excluding hydrogens is 342 g/mol. The van der Waals surface area contributed by atoms with Crippen molar-refractivity contribution in [2.24, 2.45) is 0 Å². The van der Waals surface area contributed by atoms with E-state index < -0.39 is 0 Å². The topological polar surface area (TPSA) is 71.1 Å². The first kappa shape index (κ1) is 19.4. The van der Waals surface area contributed by atoms with Crippen molar-refractivity contribution in [2.75, 3.05) is 53.7 Å². The third-order valence-corrected chi connectivity index (χ3v) is 5.10. The number of carbonyl (C=O) groups excluding carboxylic acids is 2. The standard InChI is InChI=1S/C17H25N3O4S/c1-19(2)8-7-18-15(21)10-20-16(22)11-25-17(20)13-9-12(23-3)5-6-14(13)24-4/h5-6,9,17H,7-8,10-11H2,1-4H3,(H,18,21)/t17-/m0/s1. The molecule has 0 radical (unpaired) electrons. The number of methoxy groups -OCH3 is 2. The van der Waals surface area contributed by atoms with E-state index in [1.165, 1.54) is 11.8 Å². The zero-order chi connectivity index (χ0) is 18.4. The monoisotopic (exact) mass is 367 g/mol. The molecule has 2 amide bonds. The fourth-order valence-corrected chi connectivity index (χ4v) is 3.75. The Bertz CT molecular complexity index is 624. The molecule has 1 aliphatic rings. The Morgan fingerprint density at radius 3 is 2.76 bits per heavy atom. The molecule has 138 valence electrons. The van der Waals surface area contributed by atoms with Gasteiger partial charge >= 0.3 is 0 Å². The number of thioether (sulfide) groups is 1. The minimum Gasteiger partial charge on any atom is -0.497 e. The van der Waals surface area contributed by atoms with Gasteiger partial charge in [-0.3, -0.25) is 9.59 Å². The van der Waals surface area contributed by atoms with Crippen molar-refractivity contribution in [1.82, 2.24) is 15.1 Å². The molecule has 1 heterocycles. The Kier molecular flexibility index (Phi) is 6.95. The molecule has 7 nitrogen and oxygen atoms in total. The molecule has 1 saturated heterocycles. The third kappa shape index (κ3) is 5.02. The number of likely N-dealkylation sites (N-methyl/N-ethyl adjacent to an activating group) is 1. The van der Waals surface area contributed by atoms with Gasteiger partial charge in [0.1, 0.15) is 23.4 Å². The number of benzene rings is 1. The van der Waals surface area contributed by atoms with Crippen LogP contribution in [0.2, 0.25) is 0 Å². The molecule has 0 spiro atoms. The molecule has 2 rings (SSSR count). The predicted molar refractivity (Wildman–Crippen MR) is 98.0 cm³/mol. The minimum absolute atomic E-state index is 0.0320. The van der Waals surface area contributed by atoms with Crippen LogP contribution in [0.5, 0.6) is 11.5 Å². The van der Waals surface area contributed by atoms with Gasteiger partial charge in [0.15, 0.2) is 0 Å². The molecule has 0 bridgehead atoms. The SMILES string of the molecule is COc1ccc(OC)c([C@@H]2SCC(=O)N2CC(=O)NCCN(C)C)c1. The summed E-state index contributed by atoms with van der Waals surface area (Å²) in [6.07, 6.45) is 0. The summed E-state index contributed by atoms with van der Waals surface area (Å²) in [6.45, 7) is 1.33. The molecule has 1 aromatic carbocycles. The van der Waals surface area contributed by atoms with Crippen molar-refractivity contribution in [3.63, 3.8) is 0 Å². The molecule has 1 N–H and O–H groups in total. The Balaban J connectivity index is 2.12. The Morgan fingerprint density at radius 2 is 2.12 bits per heavy atom. The number of nitrogens with one attached hydrogen (secondary N) is 1. The highest BCUT2D eigenvalue weighted by molar-refractivity contribution is 8.00. The number of ether oxygens (including phenoxy) is 2. The van der Waals surface area contributed by atoms with Crippen LogP contribution in [0, 0.1) is 0 Å². The molecule has 8 heteroatoms. The third-order valence-electron chi connectivity index (χ3n) is 3.87. The van der Waals surface area contributed by atoms with Gasteiger partial charge in [0.05, 0.1) is 20.0 Å². The van der Waals surface area contributed by atoms with Crippen molar-refractivity contribution in [3.05, 3.63) is 23.8 Å². The molecule has 0 aliphatic carbocycles. The summed E-state index contributed by atoms with van der Waals surface area (Å²) >= 11 is 1.48. The van der Waals surface area contributed by atoms with Crippen molar-refractivity contribution >= 4 is 23.6 Å². The average Bonchev–Trinajstić information content (AvgIpc) is 2.94. The molecule has 25 heavy (non-hydrogen) atoms. The first-order valence-corrected chi connectivity index (χ1v) is 9.05. The van der Waals surface area contributed by atoms with Crippen LogP contribution in [0.15, 0.2) is 18.2 Å². The van der Waals surface area contributed by atoms with E-state index in [9.17, 15) is 9.59 Å². The first-order chi connectivity index (χ1) is 12.0. The second kappa shape index (κ2) is 8.96. The van der Waals surface area contributed by atoms with E-state index in [0.717, 1.165) is 12.1 Å². The predicted octanol–water partition coefficient (Wildman–Crippen LogP) is 0.956. The summed E-state index contributed by atoms with van der Waals surface area (Å²) in [5, 5.41) is 2.58. The summed E-state index contributed by atoms with van der Waals surface area (Å²) in [5.74, 6) is 1.49. The highest BCUT2D eigenvalue weighted by Crippen LogP contribution is 2.43. The molecule has 0 unspecified atom stereocenters. The lowest BCUT2D eigenvalue weighted by atomic mass is 10.1. The molecule has 1 atom stereocenters. The summed E-state index contributed by atoms with van der Waals surface area (Å²) in [4.78, 5) is 28.0. The van der Waals surface area contributed by atoms with E-state index in [1.807, 2.05) is 37.2 Å². The fourth-order valence-electron chi connectivity index (χ4n) is 2.54. The maximum absolute atomic E-state index is 12.3. The van der Waals surface area contributed by atoms with E-state index >= 15 is 0 Å². The molecule has 1 aliphatic heterocycles. The summed E-state index contributed by atoms with van der Waals surface area (Å²) in [7, 11) is 7.06. The van der Waals surface area contributed by atoms with E-state index in [1.54, 1.807) is 19.1 Å². The van der Waals surface area contributed by atoms with Crippen molar-refractivity contribution in [1.29, 1.82) is 0 Å². The summed E-state index contributed by atoms with van der Waals surface area (Å²) in [5.41, 5.74) is 0.832. The van der Waals surface area contributed by atoms with Gasteiger partial charge in [-0.2, -0.15) is 0 Å². The van der Waals surface area contributed by atoms with Crippen LogP contribution in [0.1, 0.15) is 10.9 Å². The lowest BCUT2D eigenvalue weighted by Gasteiger charge is -2.25. The zero-order valence-electron chi connectivity index (χ0n) is 15.1. The van der Waals surface area contributed by atoms with E-state index in [-0.39, 0.29) is 23.7 Å². The Hall–Kier alpha value is -1.93. The molecular formula is C17H25N3O4S. The number of hydrogen-bond acceptors (Lipinski definition) is 6. The second-order valence-corrected chi connectivity index (χ2v) is 7.01. The van der Waals surface area contributed by atoms with E-state index in [4.69, 9.17) is 9.47 Å². The van der Waals surface area contributed by atoms with Gasteiger partial charge in [0, 0.05) is 18.7 Å². The number of amides is 2. The number of rotatable bonds is 8. The van der Waals surface area contributed by atoms with Gasteiger partial charge in [0.25, 0.3) is 0 Å². The van der Waals surface area contributed by atoms with E-state index in [2.05, 4.69) is 5.32 Å². The first-order valence-electron chi connectivity index (χ1n) is 8.00. The van der Waals surface area contributed by atoms with Gasteiger partial charge < -0.3 is 24.6 Å². The average molecular weight is 367 g/mol. The largest absolute Gasteiger partial charge is 0.497 e. The fraction of sp³-hybridized carbons (Fsp3) is 0.529. The van der Waals surface area contributed by atoms with Crippen LogP contribution in [-0.2, 0) is 9.59 Å². The maximum atomic E-state index is 12.3. The van der Waals surface area contributed by atoms with Crippen LogP contribution in [0.4, 0.5) is 0 Å². The smallest absolute Gasteiger partial charge is 0.239 e. The van der Waals surface area contributed by atoms with E-state index in [0.29, 0.717) is 23.8 Å². The van der Waals surface area contributed by atoms with Gasteiger partial charge in [0.2, 0.25) is 11.8 Å². The highest BCUT2D eigenvalue weighted by atomic mass is 32.2. The molecule has 1 fully saturated rings. The van der Waals surface area contributed by atoms with Gasteiger partial charge in [-0.25, -0.2) is 0 Å². The Labute approximate surface area is 152 Å². The van der Waals surface area contributed by atoms with Gasteiger partial charge in [-0.05, 0) is 32.3 Å². The molecule has 1 aromatic rings. The summed E-state index contributed by atoms with van der Waals surface area (Å²) in [6, 6.07) is 5.47. The maximum Gasteiger partial charge on any atom is 0.239 e. The van der Waals surface area contributed by atoms with Crippen LogP contribution in [0.25, 0.3) is 0 Å². The van der Waals surface area contributed by atoms with Gasteiger partial charge in [-0.1, -0.05) is 0 Å². The van der Waals surface area contributed by atoms with Crippen molar-refractivity contribution < 1.29 is 19.1 Å². The number of carbonyl (C=O) groups is 2. The number of hydrogen-bond donors (Lipinski definition) is 1. The summed E-state index contributed by atoms with van der Waals surface area (Å²) < 4.78 is 10.7. The zero-order valence-corrected chi connectivity index (χ0v) is 15.9. The van der Waals surface area contributed by atoms with Crippen molar-refractivity contribution in [3.8, 4) is 11.5 Å². The molecule has 0 aromatic heterocycles. The lowest BCUT2D eigenvalue weighted by Crippen LogP contribution is -2.41. The minimum atomic E-state index is -0.267. The Morgan fingerprint density at radius 1 is 1.36 bits per heavy atom. The quantitative estimate of drug-likeness (QED) is 0.738. The van der Waals surface area contributed by atoms with Crippen LogP contribution < -0.4 is 14.8 Å². The van der Waals surface area contributed by atoms with Crippen molar-refractivity contribution in [2.45, 2.75) is 5.37 Å². The highest BCUT2D eigenvalue weighted by Gasteiger charge is 2.35. The second-order valence-electron chi connectivity index (χ2n) is 5.95. The van der Waals surface area contributed by atoms with Gasteiger partial charge in [-0.15, -0.1) is 11.8 Å². The van der Waals surface area contributed by atoms with Crippen LogP contribution in [-0.4, -0.2) is 75.3 Å².